The Kier molecular flexibility index (Phi) is 6.47. The van der Waals surface area contributed by atoms with Crippen LogP contribution in [0.2, 0.25) is 0 Å². The molecule has 9 heteroatoms. The minimum atomic E-state index is -4.77. The first-order valence-electron chi connectivity index (χ1n) is 8.23. The van der Waals surface area contributed by atoms with E-state index in [-0.39, 0.29) is 29.8 Å². The van der Waals surface area contributed by atoms with Crippen molar-refractivity contribution in [2.75, 3.05) is 26.7 Å². The highest BCUT2D eigenvalue weighted by atomic mass is 19.4. The first kappa shape index (κ1) is 20.0. The molecule has 0 bridgehead atoms. The Bertz CT molecular complexity index is 634. The van der Waals surface area contributed by atoms with Crippen LogP contribution in [0.4, 0.5) is 13.2 Å². The van der Waals surface area contributed by atoms with E-state index in [1.165, 1.54) is 12.1 Å². The van der Waals surface area contributed by atoms with Crippen LogP contribution in [-0.2, 0) is 4.79 Å². The van der Waals surface area contributed by atoms with E-state index < -0.39 is 12.3 Å². The van der Waals surface area contributed by atoms with Crippen molar-refractivity contribution >= 4 is 11.9 Å². The molecule has 1 fully saturated rings. The van der Waals surface area contributed by atoms with Gasteiger partial charge in [0.05, 0.1) is 6.54 Å². The molecule has 0 spiro atoms. The van der Waals surface area contributed by atoms with Crippen LogP contribution < -0.4 is 4.74 Å². The number of halogens is 3. The van der Waals surface area contributed by atoms with Crippen LogP contribution in [0.5, 0.6) is 5.75 Å². The Morgan fingerprint density at radius 2 is 1.88 bits per heavy atom. The fourth-order valence-corrected chi connectivity index (χ4v) is 3.05. The Labute approximate surface area is 149 Å². The monoisotopic (exact) mass is 374 g/mol. The van der Waals surface area contributed by atoms with Gasteiger partial charge >= 0.3 is 12.3 Å². The number of carboxylic acid groups (broad SMARTS) is 1. The van der Waals surface area contributed by atoms with Crippen molar-refractivity contribution in [3.8, 4) is 5.75 Å². The summed E-state index contributed by atoms with van der Waals surface area (Å²) in [6.07, 6.45) is -2.61. The molecule has 1 amide bonds. The average molecular weight is 374 g/mol. The van der Waals surface area contributed by atoms with E-state index in [0.717, 1.165) is 25.0 Å². The third kappa shape index (κ3) is 5.91. The number of nitrogens with zero attached hydrogens (tertiary/aromatic N) is 2. The summed E-state index contributed by atoms with van der Waals surface area (Å²) in [4.78, 5) is 26.8. The average Bonchev–Trinajstić information content (AvgIpc) is 2.79. The van der Waals surface area contributed by atoms with Crippen LogP contribution in [-0.4, -0.2) is 65.9 Å². The maximum absolute atomic E-state index is 12.6. The number of hydrogen-bond donors (Lipinski definition) is 1. The zero-order valence-electron chi connectivity index (χ0n) is 14.3. The number of alkyl halides is 3. The van der Waals surface area contributed by atoms with E-state index in [1.54, 1.807) is 16.8 Å². The van der Waals surface area contributed by atoms with Gasteiger partial charge in [0.2, 0.25) is 0 Å². The summed E-state index contributed by atoms with van der Waals surface area (Å²) in [7, 11) is 1.75. The van der Waals surface area contributed by atoms with Crippen LogP contribution in [0.3, 0.4) is 0 Å². The number of carbonyl (C=O) groups excluding carboxylic acids is 1. The maximum atomic E-state index is 12.6. The molecule has 1 atom stereocenters. The van der Waals surface area contributed by atoms with E-state index in [2.05, 4.69) is 4.74 Å². The van der Waals surface area contributed by atoms with Crippen LogP contribution in [0, 0.1) is 0 Å². The maximum Gasteiger partial charge on any atom is 0.573 e. The van der Waals surface area contributed by atoms with Crippen molar-refractivity contribution in [1.82, 2.24) is 9.80 Å². The number of likely N-dealkylation sites (N-methyl/N-ethyl adjacent to an activating group) is 1. The molecule has 1 aliphatic rings. The van der Waals surface area contributed by atoms with Crippen molar-refractivity contribution in [2.24, 2.45) is 0 Å². The van der Waals surface area contributed by atoms with Gasteiger partial charge in [0.1, 0.15) is 5.75 Å². The number of ether oxygens (including phenoxy) is 1. The van der Waals surface area contributed by atoms with Gasteiger partial charge in [-0.05, 0) is 50.6 Å². The molecule has 0 aromatic heterocycles. The Balaban J connectivity index is 1.96. The molecular formula is C17H21F3N2O4. The second-order valence-electron chi connectivity index (χ2n) is 6.26. The highest BCUT2D eigenvalue weighted by molar-refractivity contribution is 5.94. The molecule has 2 rings (SSSR count). The number of carboxylic acids is 1. The Hall–Kier alpha value is -2.29. The number of carbonyl (C=O) groups is 2. The van der Waals surface area contributed by atoms with Crippen LogP contribution in [0.25, 0.3) is 0 Å². The number of aliphatic carboxylic acids is 1. The molecule has 0 unspecified atom stereocenters. The summed E-state index contributed by atoms with van der Waals surface area (Å²) in [6.45, 7) is 0.935. The van der Waals surface area contributed by atoms with Crippen LogP contribution in [0.15, 0.2) is 24.3 Å². The summed E-state index contributed by atoms with van der Waals surface area (Å²) in [5, 5.41) is 8.88. The third-order valence-electron chi connectivity index (χ3n) is 4.33. The first-order valence-corrected chi connectivity index (χ1v) is 8.23. The molecule has 144 valence electrons. The molecule has 6 nitrogen and oxygen atoms in total. The van der Waals surface area contributed by atoms with Gasteiger partial charge in [-0.3, -0.25) is 14.5 Å². The second-order valence-corrected chi connectivity index (χ2v) is 6.26. The first-order chi connectivity index (χ1) is 12.2. The summed E-state index contributed by atoms with van der Waals surface area (Å²) in [6, 6.07) is 4.92. The lowest BCUT2D eigenvalue weighted by Gasteiger charge is -2.25. The molecule has 1 aromatic carbocycles. The molecule has 0 aliphatic carbocycles. The minimum Gasteiger partial charge on any atom is -0.480 e. The molecule has 1 N–H and O–H groups in total. The lowest BCUT2D eigenvalue weighted by molar-refractivity contribution is -0.274. The van der Waals surface area contributed by atoms with Gasteiger partial charge in [-0.1, -0.05) is 0 Å². The third-order valence-corrected chi connectivity index (χ3v) is 4.33. The van der Waals surface area contributed by atoms with E-state index in [0.29, 0.717) is 19.5 Å². The summed E-state index contributed by atoms with van der Waals surface area (Å²) in [5.41, 5.74) is 0.289. The molecule has 0 saturated carbocycles. The predicted molar refractivity (Wildman–Crippen MR) is 86.9 cm³/mol. The van der Waals surface area contributed by atoms with Crippen molar-refractivity contribution in [3.05, 3.63) is 29.8 Å². The van der Waals surface area contributed by atoms with Gasteiger partial charge in [0.25, 0.3) is 5.91 Å². The van der Waals surface area contributed by atoms with Gasteiger partial charge in [-0.2, -0.15) is 0 Å². The van der Waals surface area contributed by atoms with Crippen molar-refractivity contribution in [3.63, 3.8) is 0 Å². The van der Waals surface area contributed by atoms with Crippen molar-refractivity contribution < 1.29 is 32.6 Å². The van der Waals surface area contributed by atoms with E-state index in [9.17, 15) is 22.8 Å². The molecular weight excluding hydrogens is 353 g/mol. The fourth-order valence-electron chi connectivity index (χ4n) is 3.05. The molecule has 1 aromatic rings. The largest absolute Gasteiger partial charge is 0.573 e. The molecule has 0 radical (unpaired) electrons. The number of rotatable bonds is 5. The van der Waals surface area contributed by atoms with Gasteiger partial charge < -0.3 is 14.7 Å². The highest BCUT2D eigenvalue weighted by Crippen LogP contribution is 2.24. The minimum absolute atomic E-state index is 0.0563. The molecule has 26 heavy (non-hydrogen) atoms. The molecule has 1 heterocycles. The van der Waals surface area contributed by atoms with Crippen molar-refractivity contribution in [2.45, 2.75) is 31.7 Å². The summed E-state index contributed by atoms with van der Waals surface area (Å²) < 4.78 is 40.3. The Morgan fingerprint density at radius 1 is 1.23 bits per heavy atom. The Morgan fingerprint density at radius 3 is 2.46 bits per heavy atom. The second kappa shape index (κ2) is 8.39. The van der Waals surface area contributed by atoms with Crippen LogP contribution >= 0.6 is 0 Å². The topological polar surface area (TPSA) is 70.1 Å². The quantitative estimate of drug-likeness (QED) is 0.858. The number of likely N-dealkylation sites (tertiary alicyclic amines) is 1. The SMILES string of the molecule is CN(CC(=O)O)[C@@H]1CCCN(C(=O)c2ccc(OC(F)(F)F)cc2)CC1. The van der Waals surface area contributed by atoms with Crippen LogP contribution in [0.1, 0.15) is 29.6 Å². The lowest BCUT2D eigenvalue weighted by atomic mass is 10.1. The standard InChI is InChI=1S/C17H21F3N2O4/c1-21(11-15(23)24)13-3-2-9-22(10-8-13)16(25)12-4-6-14(7-5-12)26-17(18,19)20/h4-7,13H,2-3,8-11H2,1H3,(H,23,24)/t13-/m1/s1. The lowest BCUT2D eigenvalue weighted by Crippen LogP contribution is -2.37. The van der Waals surface area contributed by atoms with Gasteiger partial charge in [-0.25, -0.2) is 0 Å². The smallest absolute Gasteiger partial charge is 0.480 e. The van der Waals surface area contributed by atoms with Gasteiger partial charge in [0.15, 0.2) is 0 Å². The number of benzene rings is 1. The molecule has 1 aliphatic heterocycles. The summed E-state index contributed by atoms with van der Waals surface area (Å²) >= 11 is 0. The number of hydrogen-bond acceptors (Lipinski definition) is 4. The van der Waals surface area contributed by atoms with E-state index in [4.69, 9.17) is 5.11 Å². The summed E-state index contributed by atoms with van der Waals surface area (Å²) in [5.74, 6) is -1.53. The van der Waals surface area contributed by atoms with Gasteiger partial charge in [0, 0.05) is 24.7 Å². The normalized spacial score (nSPS) is 18.5. The fraction of sp³-hybridized carbons (Fsp3) is 0.529. The van der Waals surface area contributed by atoms with Gasteiger partial charge in [-0.15, -0.1) is 13.2 Å². The van der Waals surface area contributed by atoms with Crippen molar-refractivity contribution in [1.29, 1.82) is 0 Å². The highest BCUT2D eigenvalue weighted by Gasteiger charge is 2.31. The molecule has 1 saturated heterocycles. The zero-order chi connectivity index (χ0) is 19.3. The van der Waals surface area contributed by atoms with E-state index in [1.807, 2.05) is 0 Å². The van der Waals surface area contributed by atoms with E-state index >= 15 is 0 Å². The number of amides is 1. The zero-order valence-corrected chi connectivity index (χ0v) is 14.3. The predicted octanol–water partition coefficient (Wildman–Crippen LogP) is 2.60.